The van der Waals surface area contributed by atoms with Crippen LogP contribution in [-0.4, -0.2) is 21.6 Å². The van der Waals surface area contributed by atoms with E-state index in [1.165, 1.54) is 0 Å². The zero-order valence-corrected chi connectivity index (χ0v) is 10.8. The first-order valence-electron chi connectivity index (χ1n) is 5.48. The van der Waals surface area contributed by atoms with Crippen molar-refractivity contribution in [2.45, 2.75) is 13.8 Å². The Labute approximate surface area is 109 Å². The lowest BCUT2D eigenvalue weighted by molar-refractivity contribution is 0.328. The molecule has 0 unspecified atom stereocenters. The van der Waals surface area contributed by atoms with Gasteiger partial charge in [-0.2, -0.15) is 0 Å². The van der Waals surface area contributed by atoms with Gasteiger partial charge >= 0.3 is 0 Å². The van der Waals surface area contributed by atoms with Crippen LogP contribution in [0.3, 0.4) is 0 Å². The third-order valence-corrected chi connectivity index (χ3v) is 2.64. The standard InChI is InChI=1S/C12H12ClN3O2/c1-3-18-12-8(5-4-6-14-12)10-9(13)11(17)16-7(2)15-10/h4-6H,3H2,1-2H3,(H,15,16,17). The minimum atomic E-state index is -0.370. The molecule has 0 atom stereocenters. The summed E-state index contributed by atoms with van der Waals surface area (Å²) < 4.78 is 5.40. The van der Waals surface area contributed by atoms with E-state index in [9.17, 15) is 4.79 Å². The summed E-state index contributed by atoms with van der Waals surface area (Å²) in [5.41, 5.74) is 0.624. The minimum absolute atomic E-state index is 0.0366. The van der Waals surface area contributed by atoms with Gasteiger partial charge in [0.1, 0.15) is 16.5 Å². The van der Waals surface area contributed by atoms with Crippen LogP contribution in [0.25, 0.3) is 11.3 Å². The molecule has 94 valence electrons. The molecule has 0 fully saturated rings. The number of aromatic amines is 1. The highest BCUT2D eigenvalue weighted by Gasteiger charge is 2.15. The molecular weight excluding hydrogens is 254 g/mol. The van der Waals surface area contributed by atoms with Crippen LogP contribution in [0.1, 0.15) is 12.7 Å². The van der Waals surface area contributed by atoms with E-state index in [4.69, 9.17) is 16.3 Å². The lowest BCUT2D eigenvalue weighted by atomic mass is 10.2. The fraction of sp³-hybridized carbons (Fsp3) is 0.250. The number of H-pyrrole nitrogens is 1. The van der Waals surface area contributed by atoms with Crippen LogP contribution >= 0.6 is 11.6 Å². The molecule has 0 radical (unpaired) electrons. The van der Waals surface area contributed by atoms with Gasteiger partial charge in [0.05, 0.1) is 12.2 Å². The molecule has 2 rings (SSSR count). The van der Waals surface area contributed by atoms with Gasteiger partial charge in [0, 0.05) is 6.20 Å². The molecule has 0 aliphatic carbocycles. The first-order valence-corrected chi connectivity index (χ1v) is 5.86. The van der Waals surface area contributed by atoms with Crippen molar-refractivity contribution in [3.63, 3.8) is 0 Å². The predicted octanol–water partition coefficient (Wildman–Crippen LogP) is 2.19. The molecule has 2 aromatic heterocycles. The number of pyridine rings is 1. The Kier molecular flexibility index (Phi) is 3.62. The Morgan fingerprint density at radius 3 is 3.00 bits per heavy atom. The fourth-order valence-electron chi connectivity index (χ4n) is 1.57. The summed E-state index contributed by atoms with van der Waals surface area (Å²) in [4.78, 5) is 22.5. The smallest absolute Gasteiger partial charge is 0.270 e. The van der Waals surface area contributed by atoms with E-state index >= 15 is 0 Å². The molecule has 2 heterocycles. The van der Waals surface area contributed by atoms with Gasteiger partial charge in [-0.15, -0.1) is 0 Å². The van der Waals surface area contributed by atoms with E-state index in [1.807, 2.05) is 6.92 Å². The van der Waals surface area contributed by atoms with Gasteiger partial charge in [-0.05, 0) is 26.0 Å². The van der Waals surface area contributed by atoms with Crippen LogP contribution in [0, 0.1) is 6.92 Å². The number of nitrogens with zero attached hydrogens (tertiary/aromatic N) is 2. The van der Waals surface area contributed by atoms with E-state index in [0.29, 0.717) is 29.6 Å². The molecule has 0 bridgehead atoms. The molecule has 0 amide bonds. The van der Waals surface area contributed by atoms with Gasteiger partial charge in [-0.25, -0.2) is 9.97 Å². The zero-order valence-electron chi connectivity index (χ0n) is 10.0. The highest BCUT2D eigenvalue weighted by Crippen LogP contribution is 2.29. The van der Waals surface area contributed by atoms with Crippen LogP contribution in [0.5, 0.6) is 5.88 Å². The third kappa shape index (κ3) is 2.36. The molecule has 6 heteroatoms. The molecule has 5 nitrogen and oxygen atoms in total. The Balaban J connectivity index is 2.65. The molecular formula is C12H12ClN3O2. The first-order chi connectivity index (χ1) is 8.63. The van der Waals surface area contributed by atoms with Crippen LogP contribution in [-0.2, 0) is 0 Å². The lowest BCUT2D eigenvalue weighted by Crippen LogP contribution is -2.12. The molecule has 1 N–H and O–H groups in total. The number of aryl methyl sites for hydroxylation is 1. The second-order valence-electron chi connectivity index (χ2n) is 3.60. The second-order valence-corrected chi connectivity index (χ2v) is 3.98. The van der Waals surface area contributed by atoms with Gasteiger partial charge in [-0.3, -0.25) is 4.79 Å². The molecule has 0 saturated heterocycles. The number of halogens is 1. The summed E-state index contributed by atoms with van der Waals surface area (Å²) in [6.07, 6.45) is 1.61. The maximum Gasteiger partial charge on any atom is 0.270 e. The molecule has 0 saturated carbocycles. The van der Waals surface area contributed by atoms with Crippen molar-refractivity contribution in [3.05, 3.63) is 39.5 Å². The SMILES string of the molecule is CCOc1ncccc1-c1nc(C)[nH]c(=O)c1Cl. The van der Waals surface area contributed by atoms with E-state index in [-0.39, 0.29) is 10.6 Å². The molecule has 0 aliphatic rings. The normalized spacial score (nSPS) is 10.4. The largest absolute Gasteiger partial charge is 0.477 e. The van der Waals surface area contributed by atoms with Crippen molar-refractivity contribution in [2.75, 3.05) is 6.61 Å². The number of hydrogen-bond donors (Lipinski definition) is 1. The number of ether oxygens (including phenoxy) is 1. The van der Waals surface area contributed by atoms with Crippen LogP contribution < -0.4 is 10.3 Å². The Bertz CT molecular complexity index is 625. The monoisotopic (exact) mass is 265 g/mol. The Hall–Kier alpha value is -1.88. The average Bonchev–Trinajstić information content (AvgIpc) is 2.35. The van der Waals surface area contributed by atoms with E-state index in [1.54, 1.807) is 25.3 Å². The Morgan fingerprint density at radius 1 is 1.50 bits per heavy atom. The van der Waals surface area contributed by atoms with Gasteiger partial charge in [0.15, 0.2) is 0 Å². The van der Waals surface area contributed by atoms with Crippen LogP contribution in [0.4, 0.5) is 0 Å². The lowest BCUT2D eigenvalue weighted by Gasteiger charge is -2.09. The second kappa shape index (κ2) is 5.18. The molecule has 0 spiro atoms. The van der Waals surface area contributed by atoms with E-state index in [2.05, 4.69) is 15.0 Å². The fourth-order valence-corrected chi connectivity index (χ4v) is 1.76. The molecule has 0 aromatic carbocycles. The number of hydrogen-bond acceptors (Lipinski definition) is 4. The first kappa shape index (κ1) is 12.6. The van der Waals surface area contributed by atoms with Crippen molar-refractivity contribution in [2.24, 2.45) is 0 Å². The summed E-state index contributed by atoms with van der Waals surface area (Å²) >= 11 is 5.98. The maximum absolute atomic E-state index is 11.6. The van der Waals surface area contributed by atoms with E-state index < -0.39 is 0 Å². The van der Waals surface area contributed by atoms with Gasteiger partial charge in [0.25, 0.3) is 5.56 Å². The van der Waals surface area contributed by atoms with Gasteiger partial charge < -0.3 is 9.72 Å². The highest BCUT2D eigenvalue weighted by molar-refractivity contribution is 6.32. The summed E-state index contributed by atoms with van der Waals surface area (Å²) in [6, 6.07) is 3.51. The predicted molar refractivity (Wildman–Crippen MR) is 69.0 cm³/mol. The summed E-state index contributed by atoms with van der Waals surface area (Å²) in [5.74, 6) is 0.908. The average molecular weight is 266 g/mol. The Morgan fingerprint density at radius 2 is 2.28 bits per heavy atom. The molecule has 0 aliphatic heterocycles. The van der Waals surface area contributed by atoms with Crippen molar-refractivity contribution >= 4 is 11.6 Å². The van der Waals surface area contributed by atoms with Crippen molar-refractivity contribution in [1.82, 2.24) is 15.0 Å². The quantitative estimate of drug-likeness (QED) is 0.924. The van der Waals surface area contributed by atoms with Crippen molar-refractivity contribution < 1.29 is 4.74 Å². The van der Waals surface area contributed by atoms with E-state index in [0.717, 1.165) is 0 Å². The summed E-state index contributed by atoms with van der Waals surface area (Å²) in [6.45, 7) is 4.03. The number of nitrogens with one attached hydrogen (secondary N) is 1. The highest BCUT2D eigenvalue weighted by atomic mass is 35.5. The van der Waals surface area contributed by atoms with Crippen molar-refractivity contribution in [1.29, 1.82) is 0 Å². The zero-order chi connectivity index (χ0) is 13.1. The van der Waals surface area contributed by atoms with Crippen LogP contribution in [0.2, 0.25) is 5.02 Å². The van der Waals surface area contributed by atoms with Gasteiger partial charge in [-0.1, -0.05) is 11.6 Å². The number of aromatic nitrogens is 3. The third-order valence-electron chi connectivity index (χ3n) is 2.29. The maximum atomic E-state index is 11.6. The minimum Gasteiger partial charge on any atom is -0.477 e. The number of rotatable bonds is 3. The summed E-state index contributed by atoms with van der Waals surface area (Å²) in [7, 11) is 0. The summed E-state index contributed by atoms with van der Waals surface area (Å²) in [5, 5.41) is 0.0366. The topological polar surface area (TPSA) is 67.9 Å². The molecule has 2 aromatic rings. The molecule has 18 heavy (non-hydrogen) atoms. The van der Waals surface area contributed by atoms with Crippen LogP contribution in [0.15, 0.2) is 23.1 Å². The van der Waals surface area contributed by atoms with Crippen molar-refractivity contribution in [3.8, 4) is 17.1 Å². The van der Waals surface area contributed by atoms with Gasteiger partial charge in [0.2, 0.25) is 5.88 Å².